The third-order valence-electron chi connectivity index (χ3n) is 3.17. The first-order valence-corrected chi connectivity index (χ1v) is 6.20. The number of anilines is 1. The molecule has 3 rings (SSSR count). The summed E-state index contributed by atoms with van der Waals surface area (Å²) in [5.41, 5.74) is 5.87. The molecule has 10 heteroatoms. The highest BCUT2D eigenvalue weighted by molar-refractivity contribution is 6.21. The number of aliphatic hydroxyl groups excluding tert-OH is 2. The number of rotatable bonds is 2. The van der Waals surface area contributed by atoms with Gasteiger partial charge in [-0.2, -0.15) is 14.4 Å². The minimum Gasteiger partial charge on any atom is -0.394 e. The Bertz CT molecular complexity index is 653. The Labute approximate surface area is 117 Å². The molecule has 1 aliphatic rings. The van der Waals surface area contributed by atoms with E-state index < -0.39 is 29.9 Å². The molecule has 2 aromatic rings. The van der Waals surface area contributed by atoms with Gasteiger partial charge in [0.2, 0.25) is 0 Å². The molecule has 1 saturated heterocycles. The average Bonchev–Trinajstić information content (AvgIpc) is 2.93. The fourth-order valence-corrected chi connectivity index (χ4v) is 2.52. The number of aromatic nitrogens is 4. The summed E-state index contributed by atoms with van der Waals surface area (Å²) in [6.07, 6.45) is -2.42. The van der Waals surface area contributed by atoms with Gasteiger partial charge in [0.1, 0.15) is 17.6 Å². The zero-order valence-electron chi connectivity index (χ0n) is 10.0. The third-order valence-corrected chi connectivity index (χ3v) is 3.64. The van der Waals surface area contributed by atoms with E-state index in [1.165, 1.54) is 10.9 Å². The van der Waals surface area contributed by atoms with Crippen LogP contribution in [0, 0.1) is 6.08 Å². The fourth-order valence-electron chi connectivity index (χ4n) is 2.18. The van der Waals surface area contributed by atoms with Crippen molar-refractivity contribution >= 4 is 28.6 Å². The lowest BCUT2D eigenvalue weighted by molar-refractivity contribution is -0.0431. The zero-order chi connectivity index (χ0) is 14.4. The predicted octanol–water partition coefficient (Wildman–Crippen LogP) is -0.594. The molecule has 1 unspecified atom stereocenters. The number of nitrogen functional groups attached to an aromatic ring is 1. The molecule has 8 nitrogen and oxygen atoms in total. The first-order chi connectivity index (χ1) is 9.52. The van der Waals surface area contributed by atoms with Gasteiger partial charge in [-0.3, -0.25) is 4.57 Å². The maximum absolute atomic E-state index is 13.3. The molecular weight excluding hydrogens is 293 g/mol. The van der Waals surface area contributed by atoms with E-state index in [4.69, 9.17) is 27.2 Å². The quantitative estimate of drug-likeness (QED) is 0.501. The lowest BCUT2D eigenvalue weighted by Gasteiger charge is -2.15. The van der Waals surface area contributed by atoms with Crippen LogP contribution in [-0.2, 0) is 4.74 Å². The number of hydrogen-bond donors (Lipinski definition) is 3. The molecular formula is C10H11ClFN5O3. The summed E-state index contributed by atoms with van der Waals surface area (Å²) >= 11 is 6.07. The van der Waals surface area contributed by atoms with Crippen molar-refractivity contribution in [2.24, 2.45) is 0 Å². The standard InChI is InChI=1S/C10H11ClFN5O3/c11-4-6(19)3(1-18)20-9(4)17-2-14-5-7(13)15-10(12)16-8(5)17/h2-4,6,9,18-19H,1H2,(H2,13,15,16)/t3-,4-,6+,9?/m1/s1. The summed E-state index contributed by atoms with van der Waals surface area (Å²) in [6, 6.07) is 0. The highest BCUT2D eigenvalue weighted by atomic mass is 35.5. The van der Waals surface area contributed by atoms with Gasteiger partial charge in [0.25, 0.3) is 0 Å². The number of nitrogens with two attached hydrogens (primary N) is 1. The minimum absolute atomic E-state index is 0.102. The van der Waals surface area contributed by atoms with E-state index in [0.29, 0.717) is 0 Å². The molecule has 20 heavy (non-hydrogen) atoms. The normalized spacial score (nSPS) is 30.2. The highest BCUT2D eigenvalue weighted by Crippen LogP contribution is 2.35. The first-order valence-electron chi connectivity index (χ1n) is 5.77. The Morgan fingerprint density at radius 3 is 2.90 bits per heavy atom. The van der Waals surface area contributed by atoms with Crippen LogP contribution in [0.2, 0.25) is 0 Å². The molecule has 108 valence electrons. The van der Waals surface area contributed by atoms with Crippen LogP contribution in [0.25, 0.3) is 11.2 Å². The van der Waals surface area contributed by atoms with Crippen molar-refractivity contribution in [3.8, 4) is 0 Å². The topological polar surface area (TPSA) is 119 Å². The number of alkyl halides is 1. The van der Waals surface area contributed by atoms with Gasteiger partial charge in [0.15, 0.2) is 23.2 Å². The number of fused-ring (bicyclic) bond motifs is 1. The summed E-state index contributed by atoms with van der Waals surface area (Å²) in [5, 5.41) is 18.1. The number of ether oxygens (including phenoxy) is 1. The fraction of sp³-hybridized carbons (Fsp3) is 0.500. The van der Waals surface area contributed by atoms with E-state index in [-0.39, 0.29) is 23.6 Å². The van der Waals surface area contributed by atoms with Crippen molar-refractivity contribution in [1.82, 2.24) is 19.5 Å². The number of aliphatic hydroxyl groups is 2. The zero-order valence-corrected chi connectivity index (χ0v) is 10.8. The molecule has 0 radical (unpaired) electrons. The van der Waals surface area contributed by atoms with Gasteiger partial charge in [-0.1, -0.05) is 0 Å². The summed E-state index contributed by atoms with van der Waals surface area (Å²) in [7, 11) is 0. The molecule has 4 N–H and O–H groups in total. The molecule has 1 aliphatic heterocycles. The van der Waals surface area contributed by atoms with Crippen LogP contribution >= 0.6 is 11.6 Å². The molecule has 4 atom stereocenters. The van der Waals surface area contributed by atoms with Crippen molar-refractivity contribution in [3.63, 3.8) is 0 Å². The van der Waals surface area contributed by atoms with Gasteiger partial charge in [-0.25, -0.2) is 4.98 Å². The van der Waals surface area contributed by atoms with Gasteiger partial charge in [-0.15, -0.1) is 11.6 Å². The van der Waals surface area contributed by atoms with Crippen molar-refractivity contribution in [2.75, 3.05) is 12.3 Å². The third kappa shape index (κ3) is 1.90. The van der Waals surface area contributed by atoms with Crippen molar-refractivity contribution < 1.29 is 19.3 Å². The van der Waals surface area contributed by atoms with E-state index in [1.54, 1.807) is 0 Å². The van der Waals surface area contributed by atoms with Crippen LogP contribution in [-0.4, -0.2) is 53.9 Å². The van der Waals surface area contributed by atoms with Gasteiger partial charge in [0.05, 0.1) is 12.9 Å². The Balaban J connectivity index is 2.07. The number of halogens is 2. The van der Waals surface area contributed by atoms with E-state index in [9.17, 15) is 9.50 Å². The van der Waals surface area contributed by atoms with Crippen LogP contribution in [0.15, 0.2) is 6.33 Å². The monoisotopic (exact) mass is 303 g/mol. The predicted molar refractivity (Wildman–Crippen MR) is 66.3 cm³/mol. The van der Waals surface area contributed by atoms with Gasteiger partial charge in [0, 0.05) is 0 Å². The molecule has 0 spiro atoms. The van der Waals surface area contributed by atoms with Gasteiger partial charge >= 0.3 is 6.08 Å². The summed E-state index contributed by atoms with van der Waals surface area (Å²) < 4.78 is 20.0. The second-order valence-corrected chi connectivity index (χ2v) is 4.89. The molecule has 0 saturated carbocycles. The average molecular weight is 304 g/mol. The van der Waals surface area contributed by atoms with E-state index >= 15 is 0 Å². The maximum Gasteiger partial charge on any atom is 0.312 e. The van der Waals surface area contributed by atoms with Gasteiger partial charge in [-0.05, 0) is 0 Å². The lowest BCUT2D eigenvalue weighted by atomic mass is 10.2. The van der Waals surface area contributed by atoms with Crippen LogP contribution in [0.5, 0.6) is 0 Å². The molecule has 0 amide bonds. The van der Waals surface area contributed by atoms with Crippen LogP contribution < -0.4 is 5.73 Å². The molecule has 2 aromatic heterocycles. The molecule has 0 aromatic carbocycles. The van der Waals surface area contributed by atoms with E-state index in [1.807, 2.05) is 0 Å². The Kier molecular flexibility index (Phi) is 3.21. The summed E-state index contributed by atoms with van der Waals surface area (Å²) in [6.45, 7) is -0.390. The summed E-state index contributed by atoms with van der Waals surface area (Å²) in [4.78, 5) is 11.0. The largest absolute Gasteiger partial charge is 0.394 e. The van der Waals surface area contributed by atoms with Crippen molar-refractivity contribution in [2.45, 2.75) is 23.8 Å². The second kappa shape index (κ2) is 4.77. The van der Waals surface area contributed by atoms with Crippen molar-refractivity contribution in [3.05, 3.63) is 12.4 Å². The Morgan fingerprint density at radius 1 is 1.50 bits per heavy atom. The van der Waals surface area contributed by atoms with Crippen molar-refractivity contribution in [1.29, 1.82) is 0 Å². The van der Waals surface area contributed by atoms with Crippen LogP contribution in [0.1, 0.15) is 6.23 Å². The molecule has 3 heterocycles. The lowest BCUT2D eigenvalue weighted by Crippen LogP contribution is -2.29. The Morgan fingerprint density at radius 2 is 2.25 bits per heavy atom. The SMILES string of the molecule is Nc1nc(F)nc2c1ncn2C1O[C@H](CO)[C@H](O)[C@H]1Cl. The summed E-state index contributed by atoms with van der Waals surface area (Å²) in [5.74, 6) is -0.102. The highest BCUT2D eigenvalue weighted by Gasteiger charge is 2.44. The maximum atomic E-state index is 13.3. The number of imidazole rings is 1. The van der Waals surface area contributed by atoms with E-state index in [0.717, 1.165) is 0 Å². The smallest absolute Gasteiger partial charge is 0.312 e. The molecule has 0 aliphatic carbocycles. The molecule has 0 bridgehead atoms. The van der Waals surface area contributed by atoms with Crippen LogP contribution in [0.3, 0.4) is 0 Å². The Hall–Kier alpha value is -1.55. The number of hydrogen-bond acceptors (Lipinski definition) is 7. The van der Waals surface area contributed by atoms with Gasteiger partial charge < -0.3 is 20.7 Å². The minimum atomic E-state index is -1.06. The van der Waals surface area contributed by atoms with E-state index in [2.05, 4.69) is 15.0 Å². The number of nitrogens with zero attached hydrogens (tertiary/aromatic N) is 4. The van der Waals surface area contributed by atoms with Crippen LogP contribution in [0.4, 0.5) is 10.2 Å². The second-order valence-electron chi connectivity index (χ2n) is 4.38. The molecule has 1 fully saturated rings. The first kappa shape index (κ1) is 13.4.